The molecular formula is C10H14ClNO. The summed E-state index contributed by atoms with van der Waals surface area (Å²) in [6.45, 7) is 4.13. The molecule has 1 unspecified atom stereocenters. The average molecular weight is 200 g/mol. The van der Waals surface area contributed by atoms with Crippen molar-refractivity contribution in [2.45, 2.75) is 26.0 Å². The summed E-state index contributed by atoms with van der Waals surface area (Å²) in [5.74, 6) is 0. The SMILES string of the molecule is CCc1cccc[n+]1CC1CO1.[Cl-]. The van der Waals surface area contributed by atoms with Crippen molar-refractivity contribution >= 4 is 0 Å². The van der Waals surface area contributed by atoms with Crippen LogP contribution in [0, 0.1) is 0 Å². The van der Waals surface area contributed by atoms with Crippen molar-refractivity contribution < 1.29 is 21.7 Å². The van der Waals surface area contributed by atoms with E-state index >= 15 is 0 Å². The molecule has 1 aliphatic rings. The molecule has 2 rings (SSSR count). The Morgan fingerprint density at radius 1 is 1.54 bits per heavy atom. The molecule has 0 bridgehead atoms. The molecule has 1 saturated heterocycles. The fourth-order valence-corrected chi connectivity index (χ4v) is 1.40. The first-order valence-corrected chi connectivity index (χ1v) is 4.49. The molecule has 1 aliphatic heterocycles. The zero-order valence-electron chi connectivity index (χ0n) is 7.74. The third-order valence-electron chi connectivity index (χ3n) is 2.20. The van der Waals surface area contributed by atoms with Crippen LogP contribution in [0.4, 0.5) is 0 Å². The molecule has 1 atom stereocenters. The monoisotopic (exact) mass is 199 g/mol. The van der Waals surface area contributed by atoms with Crippen molar-refractivity contribution in [1.82, 2.24) is 0 Å². The first-order valence-electron chi connectivity index (χ1n) is 4.49. The van der Waals surface area contributed by atoms with E-state index in [2.05, 4.69) is 35.9 Å². The van der Waals surface area contributed by atoms with Gasteiger partial charge in [0.1, 0.15) is 6.10 Å². The summed E-state index contributed by atoms with van der Waals surface area (Å²) >= 11 is 0. The van der Waals surface area contributed by atoms with Crippen LogP contribution in [0.5, 0.6) is 0 Å². The second kappa shape index (κ2) is 4.58. The van der Waals surface area contributed by atoms with Crippen LogP contribution in [0.15, 0.2) is 24.4 Å². The fourth-order valence-electron chi connectivity index (χ4n) is 1.40. The molecule has 1 fully saturated rings. The third kappa shape index (κ3) is 2.68. The first-order chi connectivity index (χ1) is 5.90. The van der Waals surface area contributed by atoms with Gasteiger partial charge in [-0.15, -0.1) is 0 Å². The minimum Gasteiger partial charge on any atom is -1.00 e. The second-order valence-corrected chi connectivity index (χ2v) is 3.15. The zero-order valence-corrected chi connectivity index (χ0v) is 8.50. The van der Waals surface area contributed by atoms with Crippen molar-refractivity contribution in [1.29, 1.82) is 0 Å². The lowest BCUT2D eigenvalue weighted by atomic mass is 10.2. The van der Waals surface area contributed by atoms with Crippen LogP contribution < -0.4 is 17.0 Å². The first kappa shape index (κ1) is 10.5. The van der Waals surface area contributed by atoms with Crippen molar-refractivity contribution in [3.05, 3.63) is 30.1 Å². The molecule has 13 heavy (non-hydrogen) atoms. The Morgan fingerprint density at radius 2 is 2.31 bits per heavy atom. The highest BCUT2D eigenvalue weighted by molar-refractivity contribution is 4.96. The molecule has 1 aromatic heterocycles. The molecule has 72 valence electrons. The topological polar surface area (TPSA) is 16.4 Å². The number of epoxide rings is 1. The van der Waals surface area contributed by atoms with Crippen LogP contribution >= 0.6 is 0 Å². The third-order valence-corrected chi connectivity index (χ3v) is 2.20. The average Bonchev–Trinajstić information content (AvgIpc) is 2.89. The molecule has 0 N–H and O–H groups in total. The van der Waals surface area contributed by atoms with Gasteiger partial charge in [0.2, 0.25) is 0 Å². The van der Waals surface area contributed by atoms with Gasteiger partial charge in [0, 0.05) is 18.6 Å². The van der Waals surface area contributed by atoms with Gasteiger partial charge < -0.3 is 17.1 Å². The number of hydrogen-bond donors (Lipinski definition) is 0. The highest BCUT2D eigenvalue weighted by Crippen LogP contribution is 2.08. The maximum absolute atomic E-state index is 5.19. The van der Waals surface area contributed by atoms with E-state index in [0.29, 0.717) is 6.10 Å². The predicted octanol–water partition coefficient (Wildman–Crippen LogP) is -2.06. The Hall–Kier alpha value is -0.600. The number of pyridine rings is 1. The van der Waals surface area contributed by atoms with Gasteiger partial charge in [-0.05, 0) is 0 Å². The van der Waals surface area contributed by atoms with Crippen LogP contribution in [-0.2, 0) is 17.7 Å². The quantitative estimate of drug-likeness (QED) is 0.404. The van der Waals surface area contributed by atoms with E-state index in [9.17, 15) is 0 Å². The van der Waals surface area contributed by atoms with Crippen molar-refractivity contribution in [2.75, 3.05) is 6.61 Å². The number of aryl methyl sites for hydroxylation is 1. The van der Waals surface area contributed by atoms with Crippen LogP contribution in [0.25, 0.3) is 0 Å². The minimum absolute atomic E-state index is 0. The number of ether oxygens (including phenoxy) is 1. The van der Waals surface area contributed by atoms with Gasteiger partial charge in [-0.2, -0.15) is 4.57 Å². The van der Waals surface area contributed by atoms with Crippen LogP contribution in [0.1, 0.15) is 12.6 Å². The molecule has 2 heterocycles. The Kier molecular flexibility index (Phi) is 3.70. The van der Waals surface area contributed by atoms with E-state index in [0.717, 1.165) is 19.6 Å². The van der Waals surface area contributed by atoms with E-state index in [-0.39, 0.29) is 12.4 Å². The molecule has 0 radical (unpaired) electrons. The number of nitrogens with zero attached hydrogens (tertiary/aromatic N) is 1. The summed E-state index contributed by atoms with van der Waals surface area (Å²) in [6, 6.07) is 6.33. The summed E-state index contributed by atoms with van der Waals surface area (Å²) in [7, 11) is 0. The standard InChI is InChI=1S/C10H14NO.ClH/c1-2-9-5-3-4-6-11(9)7-10-8-12-10;/h3-6,10H,2,7-8H2,1H3;1H/q+1;/p-1. The van der Waals surface area contributed by atoms with E-state index in [1.54, 1.807) is 0 Å². The lowest BCUT2D eigenvalue weighted by Gasteiger charge is -1.98. The van der Waals surface area contributed by atoms with Crippen molar-refractivity contribution in [2.24, 2.45) is 0 Å². The number of hydrogen-bond acceptors (Lipinski definition) is 1. The smallest absolute Gasteiger partial charge is 0.181 e. The Morgan fingerprint density at radius 3 is 2.92 bits per heavy atom. The van der Waals surface area contributed by atoms with Crippen LogP contribution in [0.3, 0.4) is 0 Å². The summed E-state index contributed by atoms with van der Waals surface area (Å²) in [5.41, 5.74) is 1.38. The van der Waals surface area contributed by atoms with Gasteiger partial charge in [-0.1, -0.05) is 13.0 Å². The lowest BCUT2D eigenvalue weighted by Crippen LogP contribution is -3.00. The zero-order chi connectivity index (χ0) is 8.39. The number of halogens is 1. The molecule has 0 saturated carbocycles. The van der Waals surface area contributed by atoms with Gasteiger partial charge in [-0.25, -0.2) is 0 Å². The molecule has 2 nitrogen and oxygen atoms in total. The number of rotatable bonds is 3. The van der Waals surface area contributed by atoms with Gasteiger partial charge in [0.15, 0.2) is 18.4 Å². The second-order valence-electron chi connectivity index (χ2n) is 3.15. The van der Waals surface area contributed by atoms with E-state index in [1.165, 1.54) is 5.69 Å². The summed E-state index contributed by atoms with van der Waals surface area (Å²) in [5, 5.41) is 0. The van der Waals surface area contributed by atoms with Crippen LogP contribution in [0.2, 0.25) is 0 Å². The lowest BCUT2D eigenvalue weighted by molar-refractivity contribution is -0.705. The normalized spacial score (nSPS) is 19.3. The Balaban J connectivity index is 0.000000845. The maximum atomic E-state index is 5.19. The molecule has 1 aromatic rings. The minimum atomic E-state index is 0. The maximum Gasteiger partial charge on any atom is 0.181 e. The van der Waals surface area contributed by atoms with Gasteiger partial charge in [0.25, 0.3) is 0 Å². The van der Waals surface area contributed by atoms with Crippen molar-refractivity contribution in [3.8, 4) is 0 Å². The number of aromatic nitrogens is 1. The molecule has 0 amide bonds. The summed E-state index contributed by atoms with van der Waals surface area (Å²) in [4.78, 5) is 0. The molecular weight excluding hydrogens is 186 g/mol. The van der Waals surface area contributed by atoms with Gasteiger partial charge >= 0.3 is 0 Å². The van der Waals surface area contributed by atoms with Crippen LogP contribution in [-0.4, -0.2) is 12.7 Å². The van der Waals surface area contributed by atoms with E-state index in [4.69, 9.17) is 4.74 Å². The van der Waals surface area contributed by atoms with Gasteiger partial charge in [-0.3, -0.25) is 0 Å². The molecule has 0 spiro atoms. The highest BCUT2D eigenvalue weighted by atomic mass is 35.5. The van der Waals surface area contributed by atoms with E-state index < -0.39 is 0 Å². The Labute approximate surface area is 84.9 Å². The molecule has 0 aromatic carbocycles. The molecule has 3 heteroatoms. The summed E-state index contributed by atoms with van der Waals surface area (Å²) in [6.07, 6.45) is 3.69. The van der Waals surface area contributed by atoms with Gasteiger partial charge in [0.05, 0.1) is 6.61 Å². The summed E-state index contributed by atoms with van der Waals surface area (Å²) < 4.78 is 7.47. The van der Waals surface area contributed by atoms with Crippen molar-refractivity contribution in [3.63, 3.8) is 0 Å². The fraction of sp³-hybridized carbons (Fsp3) is 0.500. The highest BCUT2D eigenvalue weighted by Gasteiger charge is 2.27. The largest absolute Gasteiger partial charge is 1.00 e. The van der Waals surface area contributed by atoms with E-state index in [1.807, 2.05) is 0 Å². The predicted molar refractivity (Wildman–Crippen MR) is 45.8 cm³/mol. The molecule has 0 aliphatic carbocycles. The Bertz CT molecular complexity index is 273.